The lowest BCUT2D eigenvalue weighted by atomic mass is 10.1. The summed E-state index contributed by atoms with van der Waals surface area (Å²) in [5.41, 5.74) is 7.25. The van der Waals surface area contributed by atoms with Crippen molar-refractivity contribution in [2.45, 2.75) is 25.8 Å². The molecule has 0 aliphatic carbocycles. The Morgan fingerprint density at radius 3 is 2.74 bits per heavy atom. The van der Waals surface area contributed by atoms with Gasteiger partial charge in [0, 0.05) is 5.69 Å². The fraction of sp³-hybridized carbons (Fsp3) is 0.353. The molecule has 0 unspecified atom stereocenters. The number of hydrogen-bond acceptors (Lipinski definition) is 5. The van der Waals surface area contributed by atoms with Crippen molar-refractivity contribution in [1.29, 1.82) is 0 Å². The molecule has 1 aliphatic heterocycles. The second-order valence-electron chi connectivity index (χ2n) is 5.83. The van der Waals surface area contributed by atoms with E-state index in [-0.39, 0.29) is 18.5 Å². The van der Waals surface area contributed by atoms with Gasteiger partial charge in [-0.1, -0.05) is 12.1 Å². The van der Waals surface area contributed by atoms with Crippen LogP contribution in [-0.4, -0.2) is 33.9 Å². The summed E-state index contributed by atoms with van der Waals surface area (Å²) < 4.78 is 0. The van der Waals surface area contributed by atoms with E-state index in [9.17, 15) is 4.79 Å². The molecule has 6 heteroatoms. The largest absolute Gasteiger partial charge is 0.369 e. The third-order valence-electron chi connectivity index (χ3n) is 3.98. The highest BCUT2D eigenvalue weighted by atomic mass is 16.1. The van der Waals surface area contributed by atoms with Crippen LogP contribution >= 0.6 is 0 Å². The van der Waals surface area contributed by atoms with Crippen LogP contribution in [0.4, 0.5) is 11.6 Å². The van der Waals surface area contributed by atoms with Crippen LogP contribution in [0.15, 0.2) is 36.4 Å². The summed E-state index contributed by atoms with van der Waals surface area (Å²) in [6, 6.07) is 11.9. The highest BCUT2D eigenvalue weighted by molar-refractivity contribution is 5.76. The first-order chi connectivity index (χ1) is 11.1. The lowest BCUT2D eigenvalue weighted by Gasteiger charge is -2.22. The number of nitrogens with zero attached hydrogens (tertiary/aromatic N) is 3. The van der Waals surface area contributed by atoms with Crippen molar-refractivity contribution < 1.29 is 4.79 Å². The van der Waals surface area contributed by atoms with Gasteiger partial charge in [-0.2, -0.15) is 0 Å². The van der Waals surface area contributed by atoms with Gasteiger partial charge in [0.15, 0.2) is 0 Å². The number of anilines is 2. The molecule has 1 aliphatic rings. The van der Waals surface area contributed by atoms with Crippen LogP contribution in [0, 0.1) is 6.92 Å². The summed E-state index contributed by atoms with van der Waals surface area (Å²) >= 11 is 0. The summed E-state index contributed by atoms with van der Waals surface area (Å²) in [4.78, 5) is 22.4. The molecule has 2 aromatic rings. The zero-order chi connectivity index (χ0) is 16.2. The third-order valence-corrected chi connectivity index (χ3v) is 3.98. The molecule has 3 N–H and O–H groups in total. The van der Waals surface area contributed by atoms with Gasteiger partial charge in [-0.25, -0.2) is 9.97 Å². The average molecular weight is 311 g/mol. The smallest absolute Gasteiger partial charge is 0.231 e. The van der Waals surface area contributed by atoms with Crippen LogP contribution < -0.4 is 11.1 Å². The van der Waals surface area contributed by atoms with Crippen LogP contribution in [0.5, 0.6) is 0 Å². The van der Waals surface area contributed by atoms with Crippen molar-refractivity contribution >= 4 is 17.5 Å². The second-order valence-corrected chi connectivity index (χ2v) is 5.83. The number of pyridine rings is 2. The topological polar surface area (TPSA) is 84.1 Å². The number of nitrogens with two attached hydrogens (primary N) is 1. The zero-order valence-corrected chi connectivity index (χ0v) is 13.2. The van der Waals surface area contributed by atoms with E-state index < -0.39 is 0 Å². The van der Waals surface area contributed by atoms with E-state index in [1.165, 1.54) is 0 Å². The predicted molar refractivity (Wildman–Crippen MR) is 89.2 cm³/mol. The molecule has 0 bridgehead atoms. The molecule has 6 nitrogen and oxygen atoms in total. The Balaban J connectivity index is 1.78. The minimum atomic E-state index is -0.296. The molecule has 3 rings (SSSR count). The Bertz CT molecular complexity index is 703. The van der Waals surface area contributed by atoms with Gasteiger partial charge in [0.25, 0.3) is 0 Å². The number of aryl methyl sites for hydroxylation is 1. The fourth-order valence-corrected chi connectivity index (χ4v) is 3.00. The molecule has 1 saturated heterocycles. The Morgan fingerprint density at radius 1 is 1.26 bits per heavy atom. The number of nitrogens with one attached hydrogen (secondary N) is 1. The van der Waals surface area contributed by atoms with Crippen molar-refractivity contribution in [1.82, 2.24) is 14.9 Å². The quantitative estimate of drug-likeness (QED) is 0.884. The van der Waals surface area contributed by atoms with E-state index in [2.05, 4.69) is 15.2 Å². The van der Waals surface area contributed by atoms with E-state index in [1.807, 2.05) is 43.3 Å². The lowest BCUT2D eigenvalue weighted by molar-refractivity contribution is -0.119. The average Bonchev–Trinajstić information content (AvgIpc) is 2.95. The standard InChI is InChI=1S/C17H21N5O/c1-12-5-2-8-16(19-12)21-17-9-3-6-13(20-17)14-7-4-10-22(14)11-15(18)23/h2-3,5-6,8-9,14H,4,7,10-11H2,1H3,(H2,18,23)(H,19,20,21)/t14-/m0/s1. The number of rotatable bonds is 5. The number of amides is 1. The van der Waals surface area contributed by atoms with Gasteiger partial charge in [0.2, 0.25) is 5.91 Å². The van der Waals surface area contributed by atoms with Crippen molar-refractivity contribution in [3.8, 4) is 0 Å². The summed E-state index contributed by atoms with van der Waals surface area (Å²) in [7, 11) is 0. The molecule has 0 radical (unpaired) electrons. The van der Waals surface area contributed by atoms with Gasteiger partial charge < -0.3 is 11.1 Å². The third kappa shape index (κ3) is 3.84. The molecule has 0 saturated carbocycles. The summed E-state index contributed by atoms with van der Waals surface area (Å²) in [5, 5.41) is 3.23. The molecule has 3 heterocycles. The molecule has 1 atom stereocenters. The summed E-state index contributed by atoms with van der Waals surface area (Å²) in [6.07, 6.45) is 2.04. The number of primary amides is 1. The molecular formula is C17H21N5O. The van der Waals surface area contributed by atoms with Gasteiger partial charge >= 0.3 is 0 Å². The molecule has 23 heavy (non-hydrogen) atoms. The van der Waals surface area contributed by atoms with E-state index in [0.29, 0.717) is 0 Å². The van der Waals surface area contributed by atoms with Gasteiger partial charge in [-0.05, 0) is 50.6 Å². The van der Waals surface area contributed by atoms with Crippen LogP contribution in [0.2, 0.25) is 0 Å². The van der Waals surface area contributed by atoms with Crippen molar-refractivity contribution in [3.63, 3.8) is 0 Å². The lowest BCUT2D eigenvalue weighted by Crippen LogP contribution is -2.33. The van der Waals surface area contributed by atoms with E-state index >= 15 is 0 Å². The monoisotopic (exact) mass is 311 g/mol. The van der Waals surface area contributed by atoms with Crippen molar-refractivity contribution in [2.75, 3.05) is 18.4 Å². The molecule has 0 spiro atoms. The van der Waals surface area contributed by atoms with E-state index in [0.717, 1.165) is 42.4 Å². The molecular weight excluding hydrogens is 290 g/mol. The van der Waals surface area contributed by atoms with Crippen LogP contribution in [0.25, 0.3) is 0 Å². The number of likely N-dealkylation sites (tertiary alicyclic amines) is 1. The summed E-state index contributed by atoms with van der Waals surface area (Å²) in [5.74, 6) is 1.23. The Kier molecular flexibility index (Phi) is 4.52. The van der Waals surface area contributed by atoms with Gasteiger partial charge in [-0.15, -0.1) is 0 Å². The van der Waals surface area contributed by atoms with Crippen LogP contribution in [0.3, 0.4) is 0 Å². The normalized spacial score (nSPS) is 18.0. The van der Waals surface area contributed by atoms with Crippen LogP contribution in [0.1, 0.15) is 30.3 Å². The van der Waals surface area contributed by atoms with E-state index in [1.54, 1.807) is 0 Å². The summed E-state index contributed by atoms with van der Waals surface area (Å²) in [6.45, 7) is 3.12. The minimum absolute atomic E-state index is 0.148. The first-order valence-electron chi connectivity index (χ1n) is 7.82. The zero-order valence-electron chi connectivity index (χ0n) is 13.2. The molecule has 1 amide bonds. The van der Waals surface area contributed by atoms with Crippen molar-refractivity contribution in [3.05, 3.63) is 47.8 Å². The van der Waals surface area contributed by atoms with Gasteiger partial charge in [-0.3, -0.25) is 9.69 Å². The maximum atomic E-state index is 11.2. The number of carbonyl (C=O) groups excluding carboxylic acids is 1. The highest BCUT2D eigenvalue weighted by Gasteiger charge is 2.28. The van der Waals surface area contributed by atoms with Gasteiger partial charge in [0.05, 0.1) is 18.3 Å². The fourth-order valence-electron chi connectivity index (χ4n) is 3.00. The molecule has 1 fully saturated rings. The van der Waals surface area contributed by atoms with E-state index in [4.69, 9.17) is 10.7 Å². The highest BCUT2D eigenvalue weighted by Crippen LogP contribution is 2.31. The van der Waals surface area contributed by atoms with Crippen LogP contribution in [-0.2, 0) is 4.79 Å². The first kappa shape index (κ1) is 15.4. The second kappa shape index (κ2) is 6.75. The number of aromatic nitrogens is 2. The maximum Gasteiger partial charge on any atom is 0.231 e. The maximum absolute atomic E-state index is 11.2. The Hall–Kier alpha value is -2.47. The first-order valence-corrected chi connectivity index (χ1v) is 7.82. The number of hydrogen-bond donors (Lipinski definition) is 2. The number of carbonyl (C=O) groups is 1. The predicted octanol–water partition coefficient (Wildman–Crippen LogP) is 2.15. The van der Waals surface area contributed by atoms with Crippen molar-refractivity contribution in [2.24, 2.45) is 5.73 Å². The Morgan fingerprint density at radius 2 is 2.00 bits per heavy atom. The SMILES string of the molecule is Cc1cccc(Nc2cccc([C@@H]3CCCN3CC(N)=O)n2)n1. The Labute approximate surface area is 135 Å². The molecule has 0 aromatic carbocycles. The molecule has 120 valence electrons. The minimum Gasteiger partial charge on any atom is -0.369 e. The molecule has 2 aromatic heterocycles. The van der Waals surface area contributed by atoms with Gasteiger partial charge in [0.1, 0.15) is 11.6 Å².